The molecule has 0 aliphatic heterocycles. The van der Waals surface area contributed by atoms with E-state index in [-0.39, 0.29) is 17.9 Å². The summed E-state index contributed by atoms with van der Waals surface area (Å²) in [7, 11) is 0. The fourth-order valence-corrected chi connectivity index (χ4v) is 1.79. The molecule has 2 atom stereocenters. The van der Waals surface area contributed by atoms with Gasteiger partial charge in [-0.05, 0) is 26.7 Å². The first-order chi connectivity index (χ1) is 6.96. The van der Waals surface area contributed by atoms with E-state index in [0.29, 0.717) is 6.54 Å². The fourth-order valence-electron chi connectivity index (χ4n) is 1.79. The van der Waals surface area contributed by atoms with E-state index in [4.69, 9.17) is 11.0 Å². The summed E-state index contributed by atoms with van der Waals surface area (Å²) in [6.07, 6.45) is 2.83. The van der Waals surface area contributed by atoms with Crippen LogP contribution in [0.2, 0.25) is 0 Å². The number of hydrogen-bond acceptors (Lipinski definition) is 3. The highest BCUT2D eigenvalue weighted by Crippen LogP contribution is 2.24. The van der Waals surface area contributed by atoms with Crippen molar-refractivity contribution in [1.82, 2.24) is 5.32 Å². The summed E-state index contributed by atoms with van der Waals surface area (Å²) < 4.78 is 0. The van der Waals surface area contributed by atoms with Crippen molar-refractivity contribution in [3.63, 3.8) is 0 Å². The lowest BCUT2D eigenvalue weighted by Gasteiger charge is -2.19. The van der Waals surface area contributed by atoms with Gasteiger partial charge in [-0.2, -0.15) is 5.26 Å². The summed E-state index contributed by atoms with van der Waals surface area (Å²) >= 11 is 0. The molecule has 15 heavy (non-hydrogen) atoms. The normalized spacial score (nSPS) is 26.0. The quantitative estimate of drug-likeness (QED) is 0.721. The molecule has 4 heteroatoms. The van der Waals surface area contributed by atoms with E-state index < -0.39 is 5.41 Å². The molecule has 3 N–H and O–H groups in total. The maximum absolute atomic E-state index is 11.7. The predicted octanol–water partition coefficient (Wildman–Crippen LogP) is 0.780. The molecule has 0 heterocycles. The van der Waals surface area contributed by atoms with Gasteiger partial charge in [0, 0.05) is 12.6 Å². The van der Waals surface area contributed by atoms with E-state index in [0.717, 1.165) is 19.3 Å². The van der Waals surface area contributed by atoms with Crippen LogP contribution in [0.1, 0.15) is 33.1 Å². The van der Waals surface area contributed by atoms with Gasteiger partial charge < -0.3 is 11.1 Å². The van der Waals surface area contributed by atoms with Crippen LogP contribution < -0.4 is 11.1 Å². The Balaban J connectivity index is 2.40. The lowest BCUT2D eigenvalue weighted by molar-refractivity contribution is -0.125. The number of hydrogen-bond donors (Lipinski definition) is 2. The van der Waals surface area contributed by atoms with Crippen LogP contribution in [0.4, 0.5) is 0 Å². The van der Waals surface area contributed by atoms with Crippen LogP contribution in [0.15, 0.2) is 0 Å². The van der Waals surface area contributed by atoms with Crippen molar-refractivity contribution in [2.75, 3.05) is 6.54 Å². The molecule has 0 aromatic carbocycles. The predicted molar refractivity (Wildman–Crippen MR) is 57.7 cm³/mol. The molecular weight excluding hydrogens is 190 g/mol. The van der Waals surface area contributed by atoms with Gasteiger partial charge in [0.15, 0.2) is 0 Å². The molecule has 1 rings (SSSR count). The highest BCUT2D eigenvalue weighted by atomic mass is 16.1. The molecule has 2 unspecified atom stereocenters. The smallest absolute Gasteiger partial charge is 0.224 e. The molecule has 1 aliphatic carbocycles. The second-order valence-corrected chi connectivity index (χ2v) is 4.91. The van der Waals surface area contributed by atoms with Gasteiger partial charge in [0.2, 0.25) is 5.91 Å². The van der Waals surface area contributed by atoms with Crippen molar-refractivity contribution in [2.45, 2.75) is 39.2 Å². The molecule has 0 radical (unpaired) electrons. The molecule has 0 spiro atoms. The summed E-state index contributed by atoms with van der Waals surface area (Å²) in [6, 6.07) is 2.15. The summed E-state index contributed by atoms with van der Waals surface area (Å²) in [5.74, 6) is -0.0529. The van der Waals surface area contributed by atoms with Crippen molar-refractivity contribution in [1.29, 1.82) is 5.26 Å². The Bertz CT molecular complexity index is 280. The topological polar surface area (TPSA) is 78.9 Å². The minimum absolute atomic E-state index is 0.00308. The van der Waals surface area contributed by atoms with E-state index in [9.17, 15) is 4.79 Å². The van der Waals surface area contributed by atoms with Crippen LogP contribution in [0.3, 0.4) is 0 Å². The number of nitriles is 1. The third-order valence-electron chi connectivity index (χ3n) is 2.91. The standard InChI is InChI=1S/C11H19N3O/c1-11(2,6-12)7-14-10(15)8-4-3-5-9(8)13/h8-9H,3-5,7,13H2,1-2H3,(H,14,15). The van der Waals surface area contributed by atoms with Gasteiger partial charge in [-0.1, -0.05) is 6.42 Å². The van der Waals surface area contributed by atoms with Crippen LogP contribution in [0, 0.1) is 22.7 Å². The monoisotopic (exact) mass is 209 g/mol. The summed E-state index contributed by atoms with van der Waals surface area (Å²) in [5.41, 5.74) is 5.32. The van der Waals surface area contributed by atoms with Gasteiger partial charge >= 0.3 is 0 Å². The second kappa shape index (κ2) is 4.63. The van der Waals surface area contributed by atoms with Gasteiger partial charge in [0.25, 0.3) is 0 Å². The number of amides is 1. The van der Waals surface area contributed by atoms with E-state index in [2.05, 4.69) is 11.4 Å². The van der Waals surface area contributed by atoms with Gasteiger partial charge in [0.1, 0.15) is 0 Å². The Labute approximate surface area is 90.8 Å². The third kappa shape index (κ3) is 3.21. The van der Waals surface area contributed by atoms with Gasteiger partial charge in [-0.25, -0.2) is 0 Å². The minimum atomic E-state index is -0.502. The maximum Gasteiger partial charge on any atom is 0.224 e. The van der Waals surface area contributed by atoms with E-state index in [1.54, 1.807) is 0 Å². The molecule has 1 aliphatic rings. The number of carbonyl (C=O) groups is 1. The highest BCUT2D eigenvalue weighted by molar-refractivity contribution is 5.79. The zero-order valence-corrected chi connectivity index (χ0v) is 9.42. The van der Waals surface area contributed by atoms with E-state index >= 15 is 0 Å². The van der Waals surface area contributed by atoms with Gasteiger partial charge in [0.05, 0.1) is 17.4 Å². The van der Waals surface area contributed by atoms with Crippen LogP contribution in [-0.2, 0) is 4.79 Å². The molecule has 0 bridgehead atoms. The average molecular weight is 209 g/mol. The summed E-state index contributed by atoms with van der Waals surface area (Å²) in [5, 5.41) is 11.6. The molecule has 4 nitrogen and oxygen atoms in total. The van der Waals surface area contributed by atoms with E-state index in [1.807, 2.05) is 13.8 Å². The second-order valence-electron chi connectivity index (χ2n) is 4.91. The molecular formula is C11H19N3O. The first kappa shape index (κ1) is 12.0. The maximum atomic E-state index is 11.7. The Morgan fingerprint density at radius 2 is 2.27 bits per heavy atom. The number of nitrogens with two attached hydrogens (primary N) is 1. The largest absolute Gasteiger partial charge is 0.354 e. The average Bonchev–Trinajstić information content (AvgIpc) is 2.61. The lowest BCUT2D eigenvalue weighted by atomic mass is 9.95. The molecule has 84 valence electrons. The van der Waals surface area contributed by atoms with Crippen molar-refractivity contribution < 1.29 is 4.79 Å². The lowest BCUT2D eigenvalue weighted by Crippen LogP contribution is -2.41. The van der Waals surface area contributed by atoms with Gasteiger partial charge in [-0.15, -0.1) is 0 Å². The summed E-state index contributed by atoms with van der Waals surface area (Å²) in [4.78, 5) is 11.7. The Hall–Kier alpha value is -1.08. The Morgan fingerprint density at radius 3 is 2.73 bits per heavy atom. The zero-order valence-electron chi connectivity index (χ0n) is 9.42. The molecule has 1 fully saturated rings. The zero-order chi connectivity index (χ0) is 11.5. The SMILES string of the molecule is CC(C)(C#N)CNC(=O)C1CCCC1N. The number of rotatable bonds is 3. The Kier molecular flexibility index (Phi) is 3.70. The minimum Gasteiger partial charge on any atom is -0.354 e. The molecule has 0 aromatic heterocycles. The first-order valence-corrected chi connectivity index (χ1v) is 5.41. The fraction of sp³-hybridized carbons (Fsp3) is 0.818. The number of nitrogens with one attached hydrogen (secondary N) is 1. The number of nitrogens with zero attached hydrogens (tertiary/aromatic N) is 1. The number of carbonyl (C=O) groups excluding carboxylic acids is 1. The van der Waals surface area contributed by atoms with Crippen molar-refractivity contribution in [3.05, 3.63) is 0 Å². The Morgan fingerprint density at radius 1 is 1.60 bits per heavy atom. The molecule has 0 aromatic rings. The van der Waals surface area contributed by atoms with Crippen LogP contribution >= 0.6 is 0 Å². The van der Waals surface area contributed by atoms with E-state index in [1.165, 1.54) is 0 Å². The van der Waals surface area contributed by atoms with Gasteiger partial charge in [-0.3, -0.25) is 4.79 Å². The molecule has 0 saturated heterocycles. The molecule has 1 amide bonds. The van der Waals surface area contributed by atoms with Crippen LogP contribution in [0.25, 0.3) is 0 Å². The molecule has 1 saturated carbocycles. The van der Waals surface area contributed by atoms with Crippen LogP contribution in [0.5, 0.6) is 0 Å². The van der Waals surface area contributed by atoms with Crippen molar-refractivity contribution in [3.8, 4) is 6.07 Å². The first-order valence-electron chi connectivity index (χ1n) is 5.41. The highest BCUT2D eigenvalue weighted by Gasteiger charge is 2.31. The van der Waals surface area contributed by atoms with Crippen molar-refractivity contribution >= 4 is 5.91 Å². The van der Waals surface area contributed by atoms with Crippen LogP contribution in [-0.4, -0.2) is 18.5 Å². The summed E-state index contributed by atoms with van der Waals surface area (Å²) in [6.45, 7) is 4.01. The van der Waals surface area contributed by atoms with Crippen molar-refractivity contribution in [2.24, 2.45) is 17.1 Å². The third-order valence-corrected chi connectivity index (χ3v) is 2.91.